The molecule has 0 unspecified atom stereocenters. The van der Waals surface area contributed by atoms with Crippen LogP contribution in [0.4, 0.5) is 5.69 Å². The van der Waals surface area contributed by atoms with Crippen molar-refractivity contribution in [3.8, 4) is 33.8 Å². The van der Waals surface area contributed by atoms with Crippen molar-refractivity contribution < 1.29 is 18.5 Å². The van der Waals surface area contributed by atoms with Gasteiger partial charge in [-0.15, -0.1) is 0 Å². The zero-order valence-corrected chi connectivity index (χ0v) is 58.9. The van der Waals surface area contributed by atoms with E-state index in [1.165, 1.54) is 29.0 Å². The van der Waals surface area contributed by atoms with Crippen molar-refractivity contribution in [3.05, 3.63) is 98.0 Å². The SMILES string of the molecule is C.C.COc1cc2c(cc1-c1c(C)noc1C)[nH]c1nc(C)nc(Cc3c(C)nn(C(C)C)c3C)c12.COc1cc2c(cc1-c1c(C)noc1C)[nH]c1nc(C)nc(Cl)c12.Cc1nn(C(C)C)c(C)c1N.S=S=S=S=S=S=S=S=S=S=S=S=S. The van der Waals surface area contributed by atoms with Gasteiger partial charge in [-0.25, -0.2) is 19.9 Å². The molecule has 0 saturated heterocycles. The Morgan fingerprint density at radius 2 is 0.988 bits per heavy atom. The van der Waals surface area contributed by atoms with E-state index < -0.39 is 0 Å². The molecular weight excluding hydrogens is 1330 g/mol. The molecule has 0 saturated carbocycles. The first-order valence-electron chi connectivity index (χ1n) is 24.8. The van der Waals surface area contributed by atoms with Crippen molar-refractivity contribution >= 4 is 181 Å². The summed E-state index contributed by atoms with van der Waals surface area (Å²) in [6.07, 6.45) is 0.686. The second kappa shape index (κ2) is 32.0. The first-order valence-corrected chi connectivity index (χ1v) is 41.2. The molecule has 454 valence electrons. The number of nitrogen functional groups attached to an aromatic ring is 1. The molecule has 17 nitrogen and oxygen atoms in total. The minimum absolute atomic E-state index is 0. The van der Waals surface area contributed by atoms with Crippen LogP contribution in [0.2, 0.25) is 5.15 Å². The Bertz CT molecular complexity index is 4500. The Labute approximate surface area is 536 Å². The maximum Gasteiger partial charge on any atom is 0.143 e. The second-order valence-electron chi connectivity index (χ2n) is 18.8. The molecule has 0 fully saturated rings. The number of methoxy groups -OCH3 is 2. The van der Waals surface area contributed by atoms with Crippen LogP contribution < -0.4 is 15.2 Å². The number of aromatic nitrogens is 12. The normalized spacial score (nSPS) is 10.7. The van der Waals surface area contributed by atoms with Crippen molar-refractivity contribution in [2.24, 2.45) is 0 Å². The van der Waals surface area contributed by atoms with Crippen LogP contribution in [0.1, 0.15) is 123 Å². The third kappa shape index (κ3) is 16.2. The Morgan fingerprint density at radius 1 is 0.571 bits per heavy atom. The number of aryl methyl sites for hydroxylation is 8. The molecule has 8 aromatic heterocycles. The molecule has 2 aromatic carbocycles. The van der Waals surface area contributed by atoms with Crippen LogP contribution in [0.25, 0.3) is 66.1 Å². The molecule has 4 N–H and O–H groups in total. The van der Waals surface area contributed by atoms with Gasteiger partial charge in [-0.05, 0) is 121 Å². The van der Waals surface area contributed by atoms with E-state index in [0.717, 1.165) is 129 Å². The van der Waals surface area contributed by atoms with Crippen molar-refractivity contribution in [2.75, 3.05) is 20.0 Å². The van der Waals surface area contributed by atoms with E-state index in [0.29, 0.717) is 35.1 Å². The molecule has 31 heteroatoms. The van der Waals surface area contributed by atoms with Gasteiger partial charge in [-0.3, -0.25) is 9.36 Å². The first-order chi connectivity index (χ1) is 39.1. The summed E-state index contributed by atoms with van der Waals surface area (Å²) >= 11 is 15.7. The number of rotatable bonds is 8. The summed E-state index contributed by atoms with van der Waals surface area (Å²) in [6.45, 7) is 28.0. The average molecular weight is 1400 g/mol. The lowest BCUT2D eigenvalue weighted by molar-refractivity contribution is 0.393. The van der Waals surface area contributed by atoms with Gasteiger partial charge in [0.15, 0.2) is 0 Å². The number of benzene rings is 2. The molecule has 10 aromatic rings. The molecule has 0 bridgehead atoms. The number of fused-ring (bicyclic) bond motifs is 6. The summed E-state index contributed by atoms with van der Waals surface area (Å²) in [5.41, 5.74) is 21.8. The monoisotopic (exact) mass is 1400 g/mol. The predicted octanol–water partition coefficient (Wildman–Crippen LogP) is 12.9. The fourth-order valence-corrected chi connectivity index (χ4v) is 34.4. The van der Waals surface area contributed by atoms with Gasteiger partial charge in [0.2, 0.25) is 0 Å². The third-order valence-electron chi connectivity index (χ3n) is 12.9. The summed E-state index contributed by atoms with van der Waals surface area (Å²) in [4.78, 5) is 25.1. The fraction of sp³-hybridized carbons (Fsp3) is 0.396. The molecule has 0 aliphatic carbocycles. The molecule has 10 rings (SSSR count). The van der Waals surface area contributed by atoms with E-state index in [9.17, 15) is 0 Å². The van der Waals surface area contributed by atoms with E-state index in [2.05, 4.69) is 93.7 Å². The first kappa shape index (κ1) is 70.4. The van der Waals surface area contributed by atoms with Crippen molar-refractivity contribution in [3.63, 3.8) is 0 Å². The van der Waals surface area contributed by atoms with Crippen molar-refractivity contribution in [2.45, 2.75) is 130 Å². The molecule has 0 amide bonds. The highest BCUT2D eigenvalue weighted by Crippen LogP contribution is 2.42. The molecule has 0 aliphatic rings. The number of H-pyrrole nitrogens is 2. The van der Waals surface area contributed by atoms with Crippen LogP contribution in [-0.4, -0.2) is 74.0 Å². The summed E-state index contributed by atoms with van der Waals surface area (Å²) in [5.74, 6) is 4.34. The van der Waals surface area contributed by atoms with Gasteiger partial charge >= 0.3 is 0 Å². The fourth-order valence-electron chi connectivity index (χ4n) is 9.40. The summed E-state index contributed by atoms with van der Waals surface area (Å²) in [7, 11) is 21.4. The lowest BCUT2D eigenvalue weighted by Gasteiger charge is -2.10. The van der Waals surface area contributed by atoms with Crippen LogP contribution >= 0.6 is 11.6 Å². The largest absolute Gasteiger partial charge is 0.496 e. The van der Waals surface area contributed by atoms with Gasteiger partial charge in [0.05, 0.1) is 70.6 Å². The number of hydrogen-bond acceptors (Lipinski definition) is 15. The molecule has 0 spiro atoms. The smallest absolute Gasteiger partial charge is 0.143 e. The Hall–Kier alpha value is -4.41. The second-order valence-corrected chi connectivity index (χ2v) is 38.6. The molecule has 84 heavy (non-hydrogen) atoms. The average Bonchev–Trinajstić information content (AvgIpc) is 2.95. The standard InChI is InChI=1S/C26H30N6O2.C17H15ClN4O2.C8H15N3.2CH4.S13/c1-12(2)32-15(5)18(13(3)30-32)9-22-25-19-11-23(33-8)20(24-14(4)31-34-16(24)6)10-21(19)29-26(25)28-17(7)27-22;1-7-14(8(2)24-22-7)11-5-12-10(6-13(11)23-4)15-16(18)19-9(3)20-17(15)21-12;1-5(2)11-7(4)8(9)6(3)10-11;;;1-3-5-7-9-11-13-12-10-8-6-4-2/h10-12H,9H2,1-8H3,(H,27,28,29);5-6H,1-4H3,(H,19,20,21);5H,9H2,1-4H3;2*1H4;. The van der Waals surface area contributed by atoms with Crippen LogP contribution in [0.3, 0.4) is 0 Å². The molecule has 8 heterocycles. The Balaban J connectivity index is 0.000000224. The zero-order valence-electron chi connectivity index (χ0n) is 47.5. The third-order valence-corrected chi connectivity index (χ3v) is 35.4. The molecular formula is C53H68ClN13O4S13. The predicted molar refractivity (Wildman–Crippen MR) is 381 cm³/mol. The molecule has 0 radical (unpaired) electrons. The van der Waals surface area contributed by atoms with E-state index in [1.807, 2.05) is 72.2 Å². The van der Waals surface area contributed by atoms with Gasteiger partial charge in [0.25, 0.3) is 0 Å². The quantitative estimate of drug-likeness (QED) is 0.121. The van der Waals surface area contributed by atoms with Gasteiger partial charge in [0, 0.05) is 188 Å². The summed E-state index contributed by atoms with van der Waals surface area (Å²) in [6, 6.07) is 8.81. The lowest BCUT2D eigenvalue weighted by Crippen LogP contribution is -2.05. The number of aromatic amines is 2. The highest BCUT2D eigenvalue weighted by Gasteiger charge is 2.24. The van der Waals surface area contributed by atoms with E-state index in [4.69, 9.17) is 73.3 Å². The number of ether oxygens (including phenoxy) is 2. The minimum atomic E-state index is 0. The zero-order chi connectivity index (χ0) is 59.7. The minimum Gasteiger partial charge on any atom is -0.496 e. The van der Waals surface area contributed by atoms with Crippen LogP contribution in [-0.2, 0) is 126 Å². The van der Waals surface area contributed by atoms with Gasteiger partial charge in [0.1, 0.15) is 51.1 Å². The number of anilines is 1. The maximum atomic E-state index is 6.33. The maximum absolute atomic E-state index is 6.33. The van der Waals surface area contributed by atoms with E-state index in [1.54, 1.807) is 94.1 Å². The van der Waals surface area contributed by atoms with Gasteiger partial charge in [-0.2, -0.15) is 10.2 Å². The number of nitrogens with two attached hydrogens (primary N) is 1. The van der Waals surface area contributed by atoms with Gasteiger partial charge in [-0.1, -0.05) is 36.8 Å². The van der Waals surface area contributed by atoms with Crippen molar-refractivity contribution in [1.82, 2.24) is 59.8 Å². The highest BCUT2D eigenvalue weighted by molar-refractivity contribution is 8.75. The number of hydrogen-bond donors (Lipinski definition) is 3. The topological polar surface area (TPSA) is 215 Å². The number of nitrogens with zero attached hydrogens (tertiary/aromatic N) is 10. The highest BCUT2D eigenvalue weighted by atomic mass is 35.5. The van der Waals surface area contributed by atoms with Crippen LogP contribution in [0.5, 0.6) is 11.5 Å². The van der Waals surface area contributed by atoms with Crippen LogP contribution in [0.15, 0.2) is 33.3 Å². The molecule has 0 aliphatic heterocycles. The van der Waals surface area contributed by atoms with Gasteiger partial charge < -0.3 is 34.2 Å². The van der Waals surface area contributed by atoms with Crippen LogP contribution in [0, 0.1) is 69.2 Å². The number of halogens is 1. The lowest BCUT2D eigenvalue weighted by atomic mass is 9.99. The van der Waals surface area contributed by atoms with E-state index in [-0.39, 0.29) is 14.9 Å². The Morgan fingerprint density at radius 3 is 1.37 bits per heavy atom. The Kier molecular flexibility index (Phi) is 26.8. The summed E-state index contributed by atoms with van der Waals surface area (Å²) in [5, 5.41) is 21.4. The summed E-state index contributed by atoms with van der Waals surface area (Å²) < 4.78 is 26.2. The molecule has 0 atom stereocenters. The number of nitrogens with one attached hydrogen (secondary N) is 2. The van der Waals surface area contributed by atoms with E-state index >= 15 is 0 Å². The van der Waals surface area contributed by atoms with Crippen molar-refractivity contribution in [1.29, 1.82) is 0 Å².